The Labute approximate surface area is 246 Å². The van der Waals surface area contributed by atoms with Gasteiger partial charge in [-0.2, -0.15) is 0 Å². The first-order valence-electron chi connectivity index (χ1n) is 14.5. The molecule has 0 spiro atoms. The summed E-state index contributed by atoms with van der Waals surface area (Å²) < 4.78 is 10.5. The van der Waals surface area contributed by atoms with Crippen molar-refractivity contribution in [1.82, 2.24) is 16.0 Å². The molecule has 42 heavy (non-hydrogen) atoms. The Hall–Kier alpha value is -4.05. The molecule has 2 atom stereocenters. The summed E-state index contributed by atoms with van der Waals surface area (Å²) in [5.41, 5.74) is 2.27. The molecule has 0 aliphatic heterocycles. The number of nitrogens with one attached hydrogen (secondary N) is 3. The number of amides is 3. The fourth-order valence-electron chi connectivity index (χ4n) is 4.87. The van der Waals surface area contributed by atoms with Crippen LogP contribution in [0, 0.1) is 12.8 Å². The Morgan fingerprint density at radius 2 is 1.57 bits per heavy atom. The number of aryl methyl sites for hydroxylation is 1. The van der Waals surface area contributed by atoms with E-state index in [1.54, 1.807) is 19.1 Å². The van der Waals surface area contributed by atoms with Gasteiger partial charge in [-0.3, -0.25) is 24.0 Å². The van der Waals surface area contributed by atoms with Gasteiger partial charge in [0.05, 0.1) is 19.8 Å². The van der Waals surface area contributed by atoms with Gasteiger partial charge in [0.2, 0.25) is 11.7 Å². The minimum Gasteiger partial charge on any atom is -0.465 e. The zero-order valence-electron chi connectivity index (χ0n) is 24.4. The largest absolute Gasteiger partial charge is 0.465 e. The molecule has 3 rings (SSSR count). The molecular formula is C32H41N3O7. The van der Waals surface area contributed by atoms with Crippen molar-refractivity contribution in [2.45, 2.75) is 71.1 Å². The summed E-state index contributed by atoms with van der Waals surface area (Å²) >= 11 is 0. The lowest BCUT2D eigenvalue weighted by atomic mass is 9.84. The third kappa shape index (κ3) is 10.7. The van der Waals surface area contributed by atoms with E-state index in [1.807, 2.05) is 49.4 Å². The van der Waals surface area contributed by atoms with Gasteiger partial charge in [0.1, 0.15) is 18.6 Å². The van der Waals surface area contributed by atoms with E-state index >= 15 is 0 Å². The molecule has 1 fully saturated rings. The topological polar surface area (TPSA) is 140 Å². The molecule has 0 aromatic heterocycles. The van der Waals surface area contributed by atoms with Crippen LogP contribution in [0.4, 0.5) is 0 Å². The van der Waals surface area contributed by atoms with Gasteiger partial charge in [-0.15, -0.1) is 0 Å². The maximum atomic E-state index is 13.6. The van der Waals surface area contributed by atoms with Crippen molar-refractivity contribution in [3.63, 3.8) is 0 Å². The van der Waals surface area contributed by atoms with E-state index in [4.69, 9.17) is 9.47 Å². The number of Topliss-reactive ketones (excluding diaryl/α,β-unsaturated/α-hetero) is 1. The summed E-state index contributed by atoms with van der Waals surface area (Å²) in [4.78, 5) is 64.2. The Morgan fingerprint density at radius 3 is 2.24 bits per heavy atom. The van der Waals surface area contributed by atoms with E-state index in [0.717, 1.165) is 43.2 Å². The fourth-order valence-corrected chi connectivity index (χ4v) is 4.87. The van der Waals surface area contributed by atoms with Gasteiger partial charge in [-0.1, -0.05) is 80.1 Å². The Kier molecular flexibility index (Phi) is 13.2. The second kappa shape index (κ2) is 17.0. The highest BCUT2D eigenvalue weighted by molar-refractivity contribution is 6.38. The van der Waals surface area contributed by atoms with E-state index in [2.05, 4.69) is 16.0 Å². The number of rotatable bonds is 15. The van der Waals surface area contributed by atoms with Crippen molar-refractivity contribution in [2.75, 3.05) is 19.8 Å². The van der Waals surface area contributed by atoms with E-state index in [-0.39, 0.29) is 25.7 Å². The van der Waals surface area contributed by atoms with Crippen molar-refractivity contribution >= 4 is 29.5 Å². The smallest absolute Gasteiger partial charge is 0.325 e. The summed E-state index contributed by atoms with van der Waals surface area (Å²) in [6.45, 7) is 3.06. The highest BCUT2D eigenvalue weighted by Gasteiger charge is 2.32. The minimum absolute atomic E-state index is 0.130. The van der Waals surface area contributed by atoms with Crippen LogP contribution >= 0.6 is 0 Å². The predicted molar refractivity (Wildman–Crippen MR) is 156 cm³/mol. The van der Waals surface area contributed by atoms with Crippen LogP contribution in [-0.4, -0.2) is 61.3 Å². The number of ether oxygens (including phenoxy) is 2. The quantitative estimate of drug-likeness (QED) is 0.218. The maximum Gasteiger partial charge on any atom is 0.325 e. The van der Waals surface area contributed by atoms with Gasteiger partial charge in [0.25, 0.3) is 11.8 Å². The van der Waals surface area contributed by atoms with Gasteiger partial charge >= 0.3 is 5.97 Å². The number of hydrogen-bond acceptors (Lipinski definition) is 7. The number of benzene rings is 2. The standard InChI is InChI=1S/C32H41N3O7/c1-3-42-28(36)19-33-32(40)29(37)27(21-41-20-24-12-8-5-9-13-24)35-31(39)26(18-23-10-6-4-7-11-23)34-30(38)25-16-14-22(2)15-17-25/h5,8-9,12-17,23,26-27H,3-4,6-7,10-11,18-21H2,1-2H3,(H,33,40)(H,34,38)(H,35,39). The molecule has 3 amide bonds. The van der Waals surface area contributed by atoms with Crippen molar-refractivity contribution in [1.29, 1.82) is 0 Å². The summed E-state index contributed by atoms with van der Waals surface area (Å²) in [7, 11) is 0. The van der Waals surface area contributed by atoms with E-state index in [9.17, 15) is 24.0 Å². The summed E-state index contributed by atoms with van der Waals surface area (Å²) in [6, 6.07) is 14.0. The van der Waals surface area contributed by atoms with Crippen LogP contribution in [0.15, 0.2) is 54.6 Å². The monoisotopic (exact) mass is 579 g/mol. The molecule has 1 aliphatic rings. The molecule has 0 radical (unpaired) electrons. The van der Waals surface area contributed by atoms with Gasteiger partial charge in [0.15, 0.2) is 0 Å². The average molecular weight is 580 g/mol. The van der Waals surface area contributed by atoms with Crippen molar-refractivity contribution < 1.29 is 33.4 Å². The molecule has 1 saturated carbocycles. The van der Waals surface area contributed by atoms with Crippen molar-refractivity contribution in [2.24, 2.45) is 5.92 Å². The molecule has 3 N–H and O–H groups in total. The molecule has 10 nitrogen and oxygen atoms in total. The third-order valence-corrected chi connectivity index (χ3v) is 7.18. The first-order valence-corrected chi connectivity index (χ1v) is 14.5. The second-order valence-corrected chi connectivity index (χ2v) is 10.5. The molecule has 2 aromatic rings. The Bertz CT molecular complexity index is 1190. The molecule has 2 unspecified atom stereocenters. The summed E-state index contributed by atoms with van der Waals surface area (Å²) in [5, 5.41) is 7.73. The van der Waals surface area contributed by atoms with Crippen LogP contribution < -0.4 is 16.0 Å². The zero-order chi connectivity index (χ0) is 30.3. The van der Waals surface area contributed by atoms with Crippen LogP contribution in [-0.2, 0) is 35.3 Å². The molecule has 226 valence electrons. The number of hydrogen-bond donors (Lipinski definition) is 3. The van der Waals surface area contributed by atoms with Crippen LogP contribution in [0.2, 0.25) is 0 Å². The fraction of sp³-hybridized carbons (Fsp3) is 0.469. The third-order valence-electron chi connectivity index (χ3n) is 7.18. The maximum absolute atomic E-state index is 13.6. The first kappa shape index (κ1) is 32.5. The zero-order valence-corrected chi connectivity index (χ0v) is 24.4. The van der Waals surface area contributed by atoms with Crippen molar-refractivity contribution in [3.8, 4) is 0 Å². The molecule has 0 heterocycles. The normalized spacial score (nSPS) is 14.7. The van der Waals surface area contributed by atoms with Gasteiger partial charge < -0.3 is 25.4 Å². The summed E-state index contributed by atoms with van der Waals surface area (Å²) in [5.74, 6) is -3.46. The highest BCUT2D eigenvalue weighted by Crippen LogP contribution is 2.27. The van der Waals surface area contributed by atoms with Crippen LogP contribution in [0.5, 0.6) is 0 Å². The lowest BCUT2D eigenvalue weighted by Crippen LogP contribution is -2.56. The molecule has 2 aromatic carbocycles. The van der Waals surface area contributed by atoms with Gasteiger partial charge in [0, 0.05) is 5.56 Å². The lowest BCUT2D eigenvalue weighted by molar-refractivity contribution is -0.146. The number of ketones is 1. The predicted octanol–water partition coefficient (Wildman–Crippen LogP) is 3.01. The summed E-state index contributed by atoms with van der Waals surface area (Å²) in [6.07, 6.45) is 5.55. The van der Waals surface area contributed by atoms with E-state index in [1.165, 1.54) is 0 Å². The lowest BCUT2D eigenvalue weighted by Gasteiger charge is -2.28. The first-order chi connectivity index (χ1) is 20.3. The molecule has 10 heteroatoms. The van der Waals surface area contributed by atoms with Crippen LogP contribution in [0.1, 0.15) is 66.9 Å². The van der Waals surface area contributed by atoms with Crippen LogP contribution in [0.25, 0.3) is 0 Å². The number of esters is 1. The highest BCUT2D eigenvalue weighted by atomic mass is 16.5. The molecule has 0 bridgehead atoms. The SMILES string of the molecule is CCOC(=O)CNC(=O)C(=O)C(COCc1ccccc1)NC(=O)C(CC1CCCCC1)NC(=O)c1ccc(C)cc1. The Balaban J connectivity index is 1.74. The second-order valence-electron chi connectivity index (χ2n) is 10.5. The van der Waals surface area contributed by atoms with Crippen molar-refractivity contribution in [3.05, 3.63) is 71.3 Å². The number of carbonyl (C=O) groups is 5. The number of carbonyl (C=O) groups excluding carboxylic acids is 5. The molecular weight excluding hydrogens is 538 g/mol. The van der Waals surface area contributed by atoms with E-state index < -0.39 is 48.1 Å². The van der Waals surface area contributed by atoms with Gasteiger partial charge in [-0.05, 0) is 43.9 Å². The average Bonchev–Trinajstić information content (AvgIpc) is 3.00. The van der Waals surface area contributed by atoms with Gasteiger partial charge in [-0.25, -0.2) is 0 Å². The Morgan fingerprint density at radius 1 is 0.881 bits per heavy atom. The minimum atomic E-state index is -1.34. The van der Waals surface area contributed by atoms with Crippen LogP contribution in [0.3, 0.4) is 0 Å². The van der Waals surface area contributed by atoms with E-state index in [0.29, 0.717) is 12.0 Å². The molecule has 0 saturated heterocycles. The molecule has 1 aliphatic carbocycles.